The van der Waals surface area contributed by atoms with E-state index in [1.54, 1.807) is 13.3 Å². The number of ether oxygens (including phenoxy) is 1. The molecule has 5 rings (SSSR count). The number of benzene rings is 1. The third-order valence-electron chi connectivity index (χ3n) is 5.96. The summed E-state index contributed by atoms with van der Waals surface area (Å²) in [5.41, 5.74) is 4.19. The topological polar surface area (TPSA) is 63.5 Å². The number of nitrogens with zero attached hydrogens (tertiary/aromatic N) is 5. The maximum atomic E-state index is 12.9. The number of pyridine rings is 2. The van der Waals surface area contributed by atoms with E-state index >= 15 is 0 Å². The number of amides is 1. The highest BCUT2D eigenvalue weighted by Gasteiger charge is 2.23. The summed E-state index contributed by atoms with van der Waals surface area (Å²) in [6.07, 6.45) is 5.54. The molecule has 1 fully saturated rings. The maximum Gasteiger partial charge on any atom is 0.242 e. The van der Waals surface area contributed by atoms with Gasteiger partial charge in [-0.05, 0) is 30.3 Å². The van der Waals surface area contributed by atoms with Crippen LogP contribution in [0.15, 0.2) is 73.2 Å². The highest BCUT2D eigenvalue weighted by molar-refractivity contribution is 5.82. The van der Waals surface area contributed by atoms with Gasteiger partial charge in [0.05, 0.1) is 7.11 Å². The Morgan fingerprint density at radius 2 is 1.81 bits per heavy atom. The molecular weight excluding hydrogens is 402 g/mol. The molecule has 0 bridgehead atoms. The zero-order valence-electron chi connectivity index (χ0n) is 18.0. The van der Waals surface area contributed by atoms with Crippen LogP contribution in [0.25, 0.3) is 22.2 Å². The van der Waals surface area contributed by atoms with E-state index in [1.807, 2.05) is 58.3 Å². The van der Waals surface area contributed by atoms with Gasteiger partial charge in [0.2, 0.25) is 11.8 Å². The number of carbonyl (C=O) groups is 1. The molecule has 0 spiro atoms. The van der Waals surface area contributed by atoms with Crippen LogP contribution in [0.2, 0.25) is 0 Å². The van der Waals surface area contributed by atoms with Gasteiger partial charge in [0.25, 0.3) is 0 Å². The van der Waals surface area contributed by atoms with Crippen molar-refractivity contribution in [1.29, 1.82) is 0 Å². The Morgan fingerprint density at radius 1 is 0.969 bits per heavy atom. The molecule has 1 aliphatic heterocycles. The molecule has 162 valence electrons. The lowest BCUT2D eigenvalue weighted by Gasteiger charge is -2.37. The monoisotopic (exact) mass is 427 g/mol. The van der Waals surface area contributed by atoms with E-state index in [0.29, 0.717) is 25.5 Å². The molecular formula is C25H25N5O2. The molecule has 0 radical (unpaired) electrons. The van der Waals surface area contributed by atoms with Crippen LogP contribution in [0.5, 0.6) is 5.88 Å². The van der Waals surface area contributed by atoms with E-state index in [2.05, 4.69) is 33.1 Å². The molecule has 7 nitrogen and oxygen atoms in total. The van der Waals surface area contributed by atoms with Gasteiger partial charge in [-0.1, -0.05) is 18.2 Å². The zero-order valence-corrected chi connectivity index (χ0v) is 18.0. The summed E-state index contributed by atoms with van der Waals surface area (Å²) in [4.78, 5) is 26.0. The smallest absolute Gasteiger partial charge is 0.242 e. The van der Waals surface area contributed by atoms with Crippen LogP contribution in [-0.2, 0) is 11.3 Å². The Kier molecular flexibility index (Phi) is 5.46. The predicted octanol–water partition coefficient (Wildman–Crippen LogP) is 3.46. The molecule has 4 heterocycles. The lowest BCUT2D eigenvalue weighted by Crippen LogP contribution is -2.49. The second-order valence-electron chi connectivity index (χ2n) is 7.83. The summed E-state index contributed by atoms with van der Waals surface area (Å²) in [6, 6.07) is 18.2. The average Bonchev–Trinajstić information content (AvgIpc) is 3.27. The summed E-state index contributed by atoms with van der Waals surface area (Å²) in [5.74, 6) is 0.726. The Morgan fingerprint density at radius 3 is 2.59 bits per heavy atom. The lowest BCUT2D eigenvalue weighted by atomic mass is 10.0. The Balaban J connectivity index is 1.27. The predicted molar refractivity (Wildman–Crippen MR) is 125 cm³/mol. The lowest BCUT2D eigenvalue weighted by molar-refractivity contribution is -0.132. The Bertz CT molecular complexity index is 1230. The van der Waals surface area contributed by atoms with Crippen LogP contribution in [0.1, 0.15) is 0 Å². The Labute approximate surface area is 186 Å². The first-order valence-corrected chi connectivity index (χ1v) is 10.7. The van der Waals surface area contributed by atoms with Gasteiger partial charge in [0.15, 0.2) is 0 Å². The highest BCUT2D eigenvalue weighted by atomic mass is 16.5. The molecule has 0 unspecified atom stereocenters. The SMILES string of the molecule is COc1ccc(-c2ccccc2N2CCN(C(=O)Cn3ccc4cccnc43)CC2)cn1. The Hall–Kier alpha value is -3.87. The fourth-order valence-electron chi connectivity index (χ4n) is 4.24. The average molecular weight is 428 g/mol. The second-order valence-corrected chi connectivity index (χ2v) is 7.83. The maximum absolute atomic E-state index is 12.9. The van der Waals surface area contributed by atoms with Crippen molar-refractivity contribution in [2.45, 2.75) is 6.54 Å². The summed E-state index contributed by atoms with van der Waals surface area (Å²) in [7, 11) is 1.62. The van der Waals surface area contributed by atoms with Gasteiger partial charge < -0.3 is 19.1 Å². The van der Waals surface area contributed by atoms with Crippen molar-refractivity contribution in [1.82, 2.24) is 19.4 Å². The number of hydrogen-bond acceptors (Lipinski definition) is 5. The third kappa shape index (κ3) is 3.89. The van der Waals surface area contributed by atoms with Crippen molar-refractivity contribution in [3.05, 3.63) is 73.2 Å². The molecule has 0 N–H and O–H groups in total. The van der Waals surface area contributed by atoms with E-state index in [0.717, 1.165) is 40.9 Å². The van der Waals surface area contributed by atoms with E-state index in [1.165, 1.54) is 0 Å². The van der Waals surface area contributed by atoms with Crippen LogP contribution in [0.3, 0.4) is 0 Å². The number of hydrogen-bond donors (Lipinski definition) is 0. The third-order valence-corrected chi connectivity index (χ3v) is 5.96. The quantitative estimate of drug-likeness (QED) is 0.488. The van der Waals surface area contributed by atoms with Gasteiger partial charge >= 0.3 is 0 Å². The van der Waals surface area contributed by atoms with Crippen LogP contribution >= 0.6 is 0 Å². The number of methoxy groups -OCH3 is 1. The summed E-state index contributed by atoms with van der Waals surface area (Å²) in [6.45, 7) is 3.28. The van der Waals surface area contributed by atoms with E-state index in [9.17, 15) is 4.79 Å². The molecule has 1 aromatic carbocycles. The van der Waals surface area contributed by atoms with Crippen molar-refractivity contribution in [3.63, 3.8) is 0 Å². The molecule has 1 saturated heterocycles. The minimum Gasteiger partial charge on any atom is -0.481 e. The number of carbonyl (C=O) groups excluding carboxylic acids is 1. The van der Waals surface area contributed by atoms with Gasteiger partial charge in [0, 0.05) is 73.0 Å². The molecule has 7 heteroatoms. The highest BCUT2D eigenvalue weighted by Crippen LogP contribution is 2.31. The standard InChI is InChI=1S/C25H25N5O2/c1-32-23-9-8-20(17-27-23)21-6-2-3-7-22(21)28-13-15-29(16-14-28)24(31)18-30-12-10-19-5-4-11-26-25(19)30/h2-12,17H,13-16,18H2,1H3. The molecule has 4 aromatic rings. The summed E-state index contributed by atoms with van der Waals surface area (Å²) >= 11 is 0. The first-order valence-electron chi connectivity index (χ1n) is 10.7. The zero-order chi connectivity index (χ0) is 21.9. The fourth-order valence-corrected chi connectivity index (χ4v) is 4.24. The van der Waals surface area contributed by atoms with Crippen molar-refractivity contribution in [2.75, 3.05) is 38.2 Å². The number of fused-ring (bicyclic) bond motifs is 1. The van der Waals surface area contributed by atoms with Crippen molar-refractivity contribution >= 4 is 22.6 Å². The largest absolute Gasteiger partial charge is 0.481 e. The minimum absolute atomic E-state index is 0.125. The summed E-state index contributed by atoms with van der Waals surface area (Å²) in [5, 5.41) is 1.05. The summed E-state index contributed by atoms with van der Waals surface area (Å²) < 4.78 is 7.11. The number of anilines is 1. The number of para-hydroxylation sites is 1. The van der Waals surface area contributed by atoms with Crippen LogP contribution < -0.4 is 9.64 Å². The fraction of sp³-hybridized carbons (Fsp3) is 0.240. The normalized spacial score (nSPS) is 14.0. The number of piperazine rings is 1. The number of rotatable bonds is 5. The minimum atomic E-state index is 0.125. The van der Waals surface area contributed by atoms with Gasteiger partial charge in [-0.3, -0.25) is 4.79 Å². The van der Waals surface area contributed by atoms with E-state index < -0.39 is 0 Å². The first-order chi connectivity index (χ1) is 15.7. The van der Waals surface area contributed by atoms with Gasteiger partial charge in [-0.2, -0.15) is 0 Å². The van der Waals surface area contributed by atoms with E-state index in [-0.39, 0.29) is 5.91 Å². The van der Waals surface area contributed by atoms with Crippen molar-refractivity contribution in [2.24, 2.45) is 0 Å². The molecule has 0 saturated carbocycles. The first kappa shape index (κ1) is 20.1. The van der Waals surface area contributed by atoms with Crippen molar-refractivity contribution < 1.29 is 9.53 Å². The molecule has 1 amide bonds. The molecule has 1 aliphatic rings. The van der Waals surface area contributed by atoms with Gasteiger partial charge in [-0.25, -0.2) is 9.97 Å². The van der Waals surface area contributed by atoms with Gasteiger partial charge in [-0.15, -0.1) is 0 Å². The van der Waals surface area contributed by atoms with Crippen LogP contribution in [0.4, 0.5) is 5.69 Å². The van der Waals surface area contributed by atoms with Crippen LogP contribution in [0, 0.1) is 0 Å². The molecule has 0 aliphatic carbocycles. The number of aromatic nitrogens is 3. The van der Waals surface area contributed by atoms with E-state index in [4.69, 9.17) is 4.74 Å². The second kappa shape index (κ2) is 8.70. The van der Waals surface area contributed by atoms with Crippen molar-refractivity contribution in [3.8, 4) is 17.0 Å². The van der Waals surface area contributed by atoms with Crippen LogP contribution in [-0.4, -0.2) is 58.6 Å². The molecule has 0 atom stereocenters. The molecule has 32 heavy (non-hydrogen) atoms. The van der Waals surface area contributed by atoms with Gasteiger partial charge in [0.1, 0.15) is 12.2 Å². The molecule has 3 aromatic heterocycles.